The highest BCUT2D eigenvalue weighted by Gasteiger charge is 2.31. The van der Waals surface area contributed by atoms with Crippen molar-refractivity contribution in [1.82, 2.24) is 4.31 Å². The molecule has 0 bridgehead atoms. The number of thiophene rings is 1. The summed E-state index contributed by atoms with van der Waals surface area (Å²) in [5, 5.41) is 9.04. The number of morpholine rings is 1. The minimum Gasteiger partial charge on any atom is -0.368 e. The molecule has 0 unspecified atom stereocenters. The van der Waals surface area contributed by atoms with Crippen LogP contribution in [-0.4, -0.2) is 31.9 Å². The number of hydrogen-bond acceptors (Lipinski definition) is 4. The molecule has 1 aliphatic rings. The molecule has 1 fully saturated rings. The van der Waals surface area contributed by atoms with Crippen molar-refractivity contribution in [3.63, 3.8) is 0 Å². The number of nitrogens with two attached hydrogens (primary N) is 1. The molecule has 2 heterocycles. The Morgan fingerprint density at radius 2 is 2.31 bits per heavy atom. The van der Waals surface area contributed by atoms with Crippen LogP contribution in [-0.2, 0) is 14.9 Å². The first-order valence-corrected chi connectivity index (χ1v) is 7.37. The third-order valence-electron chi connectivity index (χ3n) is 2.50. The van der Waals surface area contributed by atoms with E-state index in [0.29, 0.717) is 13.1 Å². The number of nitrogens with zero attached hydrogens (tertiary/aromatic N) is 1. The van der Waals surface area contributed by atoms with Crippen molar-refractivity contribution >= 4 is 21.5 Å². The third-order valence-corrected chi connectivity index (χ3v) is 4.22. The van der Waals surface area contributed by atoms with Crippen molar-refractivity contribution in [3.8, 4) is 0 Å². The maximum atomic E-state index is 11.3. The average molecular weight is 262 g/mol. The Hall–Kier alpha value is -0.470. The Morgan fingerprint density at radius 1 is 1.56 bits per heavy atom. The fourth-order valence-electron chi connectivity index (χ4n) is 1.76. The summed E-state index contributed by atoms with van der Waals surface area (Å²) in [6, 6.07) is 1.94. The Bertz CT molecular complexity index is 443. The highest BCUT2D eigenvalue weighted by Crippen LogP contribution is 2.27. The molecule has 90 valence electrons. The topological polar surface area (TPSA) is 72.6 Å². The van der Waals surface area contributed by atoms with Crippen molar-refractivity contribution in [2.75, 3.05) is 13.1 Å². The maximum Gasteiger partial charge on any atom is 0.277 e. The molecule has 7 heteroatoms. The predicted octanol–water partition coefficient (Wildman–Crippen LogP) is 0.713. The lowest BCUT2D eigenvalue weighted by atomic mass is 10.1. The SMILES string of the molecule is C[C@@H]1CN(S(N)(=O)=O)C[C@@H](c2ccsc2)O1. The van der Waals surface area contributed by atoms with Gasteiger partial charge in [-0.1, -0.05) is 0 Å². The van der Waals surface area contributed by atoms with Gasteiger partial charge in [0.05, 0.1) is 12.2 Å². The zero-order valence-electron chi connectivity index (χ0n) is 8.87. The summed E-state index contributed by atoms with van der Waals surface area (Å²) in [5.74, 6) is 0. The zero-order chi connectivity index (χ0) is 11.8. The van der Waals surface area contributed by atoms with Crippen LogP contribution in [0.5, 0.6) is 0 Å². The molecule has 0 amide bonds. The first-order valence-electron chi connectivity index (χ1n) is 4.92. The van der Waals surface area contributed by atoms with Gasteiger partial charge in [0.1, 0.15) is 0 Å². The summed E-state index contributed by atoms with van der Waals surface area (Å²) in [6.45, 7) is 2.45. The van der Waals surface area contributed by atoms with E-state index in [1.54, 1.807) is 11.3 Å². The van der Waals surface area contributed by atoms with Crippen LogP contribution in [0, 0.1) is 0 Å². The number of ether oxygens (including phenoxy) is 1. The van der Waals surface area contributed by atoms with Crippen molar-refractivity contribution < 1.29 is 13.2 Å². The van der Waals surface area contributed by atoms with Gasteiger partial charge in [0.25, 0.3) is 10.2 Å². The van der Waals surface area contributed by atoms with Gasteiger partial charge in [-0.25, -0.2) is 5.14 Å². The molecule has 16 heavy (non-hydrogen) atoms. The molecule has 0 aromatic carbocycles. The summed E-state index contributed by atoms with van der Waals surface area (Å²) in [6.07, 6.45) is -0.356. The zero-order valence-corrected chi connectivity index (χ0v) is 10.5. The van der Waals surface area contributed by atoms with E-state index < -0.39 is 10.2 Å². The average Bonchev–Trinajstić information content (AvgIpc) is 2.68. The van der Waals surface area contributed by atoms with E-state index in [-0.39, 0.29) is 12.2 Å². The first kappa shape index (κ1) is 12.0. The van der Waals surface area contributed by atoms with Crippen LogP contribution in [0.15, 0.2) is 16.8 Å². The van der Waals surface area contributed by atoms with Crippen molar-refractivity contribution in [3.05, 3.63) is 22.4 Å². The summed E-state index contributed by atoms with van der Waals surface area (Å²) in [4.78, 5) is 0. The highest BCUT2D eigenvalue weighted by molar-refractivity contribution is 7.86. The summed E-state index contributed by atoms with van der Waals surface area (Å²) >= 11 is 1.56. The van der Waals surface area contributed by atoms with E-state index in [9.17, 15) is 8.42 Å². The van der Waals surface area contributed by atoms with Gasteiger partial charge in [-0.3, -0.25) is 0 Å². The van der Waals surface area contributed by atoms with Gasteiger partial charge in [0.2, 0.25) is 0 Å². The minimum atomic E-state index is -3.63. The Balaban J connectivity index is 2.18. The first-order chi connectivity index (χ1) is 7.47. The molecule has 2 N–H and O–H groups in total. The molecule has 1 saturated heterocycles. The molecule has 2 rings (SSSR count). The fraction of sp³-hybridized carbons (Fsp3) is 0.556. The minimum absolute atomic E-state index is 0.142. The lowest BCUT2D eigenvalue weighted by molar-refractivity contribution is -0.0555. The van der Waals surface area contributed by atoms with Crippen LogP contribution in [0.4, 0.5) is 0 Å². The van der Waals surface area contributed by atoms with E-state index in [0.717, 1.165) is 5.56 Å². The van der Waals surface area contributed by atoms with Gasteiger partial charge < -0.3 is 4.74 Å². The van der Waals surface area contributed by atoms with Gasteiger partial charge in [0, 0.05) is 13.1 Å². The molecule has 2 atom stereocenters. The molecular weight excluding hydrogens is 248 g/mol. The maximum absolute atomic E-state index is 11.3. The van der Waals surface area contributed by atoms with Crippen LogP contribution < -0.4 is 5.14 Å². The van der Waals surface area contributed by atoms with Crippen LogP contribution in [0.25, 0.3) is 0 Å². The van der Waals surface area contributed by atoms with E-state index in [1.165, 1.54) is 4.31 Å². The predicted molar refractivity (Wildman–Crippen MR) is 62.3 cm³/mol. The largest absolute Gasteiger partial charge is 0.368 e. The lowest BCUT2D eigenvalue weighted by Crippen LogP contribution is -2.48. The van der Waals surface area contributed by atoms with E-state index in [2.05, 4.69) is 0 Å². The third kappa shape index (κ3) is 2.61. The molecule has 1 aromatic heterocycles. The quantitative estimate of drug-likeness (QED) is 0.853. The summed E-state index contributed by atoms with van der Waals surface area (Å²) in [7, 11) is -3.63. The van der Waals surface area contributed by atoms with E-state index in [4.69, 9.17) is 9.88 Å². The lowest BCUT2D eigenvalue weighted by Gasteiger charge is -2.34. The fourth-order valence-corrected chi connectivity index (χ4v) is 3.23. The molecule has 1 aliphatic heterocycles. The normalized spacial score (nSPS) is 28.1. The monoisotopic (exact) mass is 262 g/mol. The number of hydrogen-bond donors (Lipinski definition) is 1. The van der Waals surface area contributed by atoms with Gasteiger partial charge in [-0.05, 0) is 29.3 Å². The van der Waals surface area contributed by atoms with Crippen molar-refractivity contribution in [2.24, 2.45) is 5.14 Å². The second kappa shape index (κ2) is 4.42. The summed E-state index contributed by atoms with van der Waals surface area (Å²) in [5.41, 5.74) is 1.00. The van der Waals surface area contributed by atoms with Gasteiger partial charge in [-0.15, -0.1) is 0 Å². The molecular formula is C9H14N2O3S2. The van der Waals surface area contributed by atoms with Crippen LogP contribution >= 0.6 is 11.3 Å². The summed E-state index contributed by atoms with van der Waals surface area (Å²) < 4.78 is 29.6. The number of rotatable bonds is 2. The van der Waals surface area contributed by atoms with E-state index >= 15 is 0 Å². The smallest absolute Gasteiger partial charge is 0.277 e. The van der Waals surface area contributed by atoms with Crippen molar-refractivity contribution in [1.29, 1.82) is 0 Å². The second-order valence-electron chi connectivity index (χ2n) is 3.85. The van der Waals surface area contributed by atoms with Crippen LogP contribution in [0.1, 0.15) is 18.6 Å². The molecule has 5 nitrogen and oxygen atoms in total. The van der Waals surface area contributed by atoms with E-state index in [1.807, 2.05) is 23.8 Å². The van der Waals surface area contributed by atoms with Crippen LogP contribution in [0.2, 0.25) is 0 Å². The Kier molecular flexibility index (Phi) is 3.32. The van der Waals surface area contributed by atoms with Gasteiger partial charge in [-0.2, -0.15) is 24.1 Å². The second-order valence-corrected chi connectivity index (χ2v) is 6.18. The molecule has 0 aliphatic carbocycles. The molecule has 0 saturated carbocycles. The molecule has 0 spiro atoms. The highest BCUT2D eigenvalue weighted by atomic mass is 32.2. The standard InChI is InChI=1S/C9H14N2O3S2/c1-7-4-11(16(10,12)13)5-9(14-7)8-2-3-15-6-8/h2-3,6-7,9H,4-5H2,1H3,(H2,10,12,13)/t7-,9+/m1/s1. The Morgan fingerprint density at radius 3 is 2.88 bits per heavy atom. The van der Waals surface area contributed by atoms with Gasteiger partial charge in [0.15, 0.2) is 0 Å². The molecule has 0 radical (unpaired) electrons. The van der Waals surface area contributed by atoms with Crippen molar-refractivity contribution in [2.45, 2.75) is 19.1 Å². The van der Waals surface area contributed by atoms with Gasteiger partial charge >= 0.3 is 0 Å². The Labute approximate surface area is 99.0 Å². The molecule has 1 aromatic rings. The van der Waals surface area contributed by atoms with Crippen LogP contribution in [0.3, 0.4) is 0 Å².